The van der Waals surface area contributed by atoms with E-state index in [0.717, 1.165) is 60.1 Å². The fourth-order valence-corrected chi connectivity index (χ4v) is 4.39. The summed E-state index contributed by atoms with van der Waals surface area (Å²) in [6.07, 6.45) is 4.00. The molecular formula is C28H30O6. The first kappa shape index (κ1) is 23.5. The van der Waals surface area contributed by atoms with E-state index >= 15 is 0 Å². The van der Waals surface area contributed by atoms with Crippen LogP contribution in [0.15, 0.2) is 42.5 Å². The molecule has 4 rings (SSSR count). The normalized spacial score (nSPS) is 13.5. The van der Waals surface area contributed by atoms with Gasteiger partial charge < -0.3 is 24.8 Å². The number of rotatable bonds is 6. The van der Waals surface area contributed by atoms with Crippen molar-refractivity contribution in [3.8, 4) is 39.9 Å². The summed E-state index contributed by atoms with van der Waals surface area (Å²) in [5, 5.41) is 29.3. The molecule has 1 heterocycles. The van der Waals surface area contributed by atoms with Crippen molar-refractivity contribution in [1.82, 2.24) is 0 Å². The Morgan fingerprint density at radius 1 is 1.00 bits per heavy atom. The Hall–Kier alpha value is -3.67. The van der Waals surface area contributed by atoms with Gasteiger partial charge in [-0.25, -0.2) is 4.79 Å². The molecule has 0 aliphatic carbocycles. The third-order valence-corrected chi connectivity index (χ3v) is 6.16. The average molecular weight is 463 g/mol. The second kappa shape index (κ2) is 8.93. The molecule has 3 N–H and O–H groups in total. The van der Waals surface area contributed by atoms with E-state index < -0.39 is 28.8 Å². The molecule has 0 atom stereocenters. The molecule has 0 aromatic heterocycles. The Balaban J connectivity index is 1.83. The highest BCUT2D eigenvalue weighted by atomic mass is 16.5. The SMILES string of the molecule is CCCCCc1cc(OC(=O)c2cc(O)c(O)c(O)c2)c2c(c1)OC(C)(C)c1ccc(C)cc1-2. The van der Waals surface area contributed by atoms with Crippen LogP contribution in [-0.2, 0) is 12.0 Å². The molecule has 0 saturated carbocycles. The van der Waals surface area contributed by atoms with Crippen LogP contribution in [0.25, 0.3) is 11.1 Å². The maximum atomic E-state index is 13.0. The first-order valence-corrected chi connectivity index (χ1v) is 11.5. The molecule has 3 aromatic carbocycles. The first-order chi connectivity index (χ1) is 16.1. The van der Waals surface area contributed by atoms with Crippen LogP contribution in [0.5, 0.6) is 28.7 Å². The number of esters is 1. The van der Waals surface area contributed by atoms with Crippen LogP contribution in [-0.4, -0.2) is 21.3 Å². The molecule has 1 aliphatic rings. The highest BCUT2D eigenvalue weighted by Crippen LogP contribution is 2.50. The lowest BCUT2D eigenvalue weighted by Gasteiger charge is -2.36. The predicted molar refractivity (Wildman–Crippen MR) is 130 cm³/mol. The number of benzene rings is 3. The number of ether oxygens (including phenoxy) is 2. The molecular weight excluding hydrogens is 432 g/mol. The zero-order chi connectivity index (χ0) is 24.6. The Bertz CT molecular complexity index is 1230. The van der Waals surface area contributed by atoms with Gasteiger partial charge in [-0.2, -0.15) is 0 Å². The summed E-state index contributed by atoms with van der Waals surface area (Å²) in [6, 6.07) is 12.1. The van der Waals surface area contributed by atoms with Gasteiger partial charge in [-0.15, -0.1) is 0 Å². The molecule has 0 spiro atoms. The van der Waals surface area contributed by atoms with Gasteiger partial charge in [0.2, 0.25) is 0 Å². The van der Waals surface area contributed by atoms with Gasteiger partial charge in [0, 0.05) is 5.56 Å². The minimum Gasteiger partial charge on any atom is -0.504 e. The Labute approximate surface area is 199 Å². The molecule has 0 unspecified atom stereocenters. The number of carbonyl (C=O) groups is 1. The van der Waals surface area contributed by atoms with E-state index in [-0.39, 0.29) is 5.56 Å². The third kappa shape index (κ3) is 4.40. The van der Waals surface area contributed by atoms with Crippen molar-refractivity contribution in [2.24, 2.45) is 0 Å². The third-order valence-electron chi connectivity index (χ3n) is 6.16. The number of hydrogen-bond donors (Lipinski definition) is 3. The van der Waals surface area contributed by atoms with E-state index in [4.69, 9.17) is 9.47 Å². The second-order valence-corrected chi connectivity index (χ2v) is 9.34. The van der Waals surface area contributed by atoms with E-state index in [1.54, 1.807) is 0 Å². The van der Waals surface area contributed by atoms with Crippen LogP contribution >= 0.6 is 0 Å². The zero-order valence-electron chi connectivity index (χ0n) is 19.9. The van der Waals surface area contributed by atoms with Gasteiger partial charge in [0.15, 0.2) is 17.2 Å². The molecule has 1 aliphatic heterocycles. The van der Waals surface area contributed by atoms with Crippen LogP contribution < -0.4 is 9.47 Å². The lowest BCUT2D eigenvalue weighted by atomic mass is 9.84. The first-order valence-electron chi connectivity index (χ1n) is 11.5. The number of fused-ring (bicyclic) bond motifs is 3. The molecule has 34 heavy (non-hydrogen) atoms. The summed E-state index contributed by atoms with van der Waals surface area (Å²) in [5.41, 5.74) is 4.04. The largest absolute Gasteiger partial charge is 0.504 e. The number of unbranched alkanes of at least 4 members (excludes halogenated alkanes) is 2. The van der Waals surface area contributed by atoms with Crippen molar-refractivity contribution in [3.05, 3.63) is 64.7 Å². The quantitative estimate of drug-likeness (QED) is 0.171. The van der Waals surface area contributed by atoms with Crippen LogP contribution in [0.3, 0.4) is 0 Å². The highest BCUT2D eigenvalue weighted by Gasteiger charge is 2.35. The van der Waals surface area contributed by atoms with Gasteiger partial charge in [-0.1, -0.05) is 43.5 Å². The second-order valence-electron chi connectivity index (χ2n) is 9.34. The lowest BCUT2D eigenvalue weighted by molar-refractivity contribution is 0.0731. The van der Waals surface area contributed by atoms with Crippen molar-refractivity contribution in [3.63, 3.8) is 0 Å². The fourth-order valence-electron chi connectivity index (χ4n) is 4.39. The number of carbonyl (C=O) groups excluding carboxylic acids is 1. The zero-order valence-corrected chi connectivity index (χ0v) is 19.9. The minimum atomic E-state index is -0.766. The maximum absolute atomic E-state index is 13.0. The van der Waals surface area contributed by atoms with Gasteiger partial charge in [0.05, 0.1) is 11.1 Å². The van der Waals surface area contributed by atoms with Crippen molar-refractivity contribution in [2.45, 2.75) is 59.0 Å². The Morgan fingerprint density at radius 3 is 2.38 bits per heavy atom. The van der Waals surface area contributed by atoms with E-state index in [1.165, 1.54) is 0 Å². The monoisotopic (exact) mass is 462 g/mol. The van der Waals surface area contributed by atoms with Gasteiger partial charge in [0.25, 0.3) is 0 Å². The van der Waals surface area contributed by atoms with Gasteiger partial charge in [-0.3, -0.25) is 0 Å². The highest BCUT2D eigenvalue weighted by molar-refractivity contribution is 5.94. The van der Waals surface area contributed by atoms with E-state index in [0.29, 0.717) is 17.1 Å². The van der Waals surface area contributed by atoms with Crippen LogP contribution in [0.4, 0.5) is 0 Å². The fraction of sp³-hybridized carbons (Fsp3) is 0.321. The van der Waals surface area contributed by atoms with Crippen molar-refractivity contribution < 1.29 is 29.6 Å². The van der Waals surface area contributed by atoms with Crippen LogP contribution in [0.1, 0.15) is 67.1 Å². The molecule has 0 saturated heterocycles. The summed E-state index contributed by atoms with van der Waals surface area (Å²) in [6.45, 7) is 8.19. The summed E-state index contributed by atoms with van der Waals surface area (Å²) in [7, 11) is 0. The molecule has 6 heteroatoms. The summed E-state index contributed by atoms with van der Waals surface area (Å²) < 4.78 is 12.2. The number of aryl methyl sites for hydroxylation is 2. The van der Waals surface area contributed by atoms with Gasteiger partial charge >= 0.3 is 5.97 Å². The predicted octanol–water partition coefficient (Wildman–Crippen LogP) is 6.36. The summed E-state index contributed by atoms with van der Waals surface area (Å²) >= 11 is 0. The summed E-state index contributed by atoms with van der Waals surface area (Å²) in [5.74, 6) is -1.66. The average Bonchev–Trinajstić information content (AvgIpc) is 2.76. The molecule has 0 bridgehead atoms. The maximum Gasteiger partial charge on any atom is 0.343 e. The molecule has 6 nitrogen and oxygen atoms in total. The van der Waals surface area contributed by atoms with E-state index in [9.17, 15) is 20.1 Å². The molecule has 3 aromatic rings. The van der Waals surface area contributed by atoms with Crippen LogP contribution in [0.2, 0.25) is 0 Å². The van der Waals surface area contributed by atoms with Gasteiger partial charge in [0.1, 0.15) is 17.1 Å². The molecule has 0 radical (unpaired) electrons. The molecule has 0 amide bonds. The number of aromatic hydroxyl groups is 3. The van der Waals surface area contributed by atoms with Crippen molar-refractivity contribution in [2.75, 3.05) is 0 Å². The Morgan fingerprint density at radius 2 is 1.71 bits per heavy atom. The van der Waals surface area contributed by atoms with Crippen molar-refractivity contribution in [1.29, 1.82) is 0 Å². The number of phenolic OH excluding ortho intramolecular Hbond substituents is 3. The van der Waals surface area contributed by atoms with E-state index in [1.807, 2.05) is 45.0 Å². The summed E-state index contributed by atoms with van der Waals surface area (Å²) in [4.78, 5) is 13.0. The topological polar surface area (TPSA) is 96.2 Å². The standard InChI is InChI=1S/C28H30O6/c1-5-6-7-8-17-12-23(33-27(32)18-14-21(29)26(31)22(30)15-18)25-19-11-16(2)9-10-20(19)28(3,4)34-24(25)13-17/h9-15,29-31H,5-8H2,1-4H3. The smallest absolute Gasteiger partial charge is 0.343 e. The van der Waals surface area contributed by atoms with Gasteiger partial charge in [-0.05, 0) is 69.0 Å². The molecule has 178 valence electrons. The Kier molecular flexibility index (Phi) is 6.17. The lowest BCUT2D eigenvalue weighted by Crippen LogP contribution is -2.29. The van der Waals surface area contributed by atoms with Crippen molar-refractivity contribution >= 4 is 5.97 Å². The van der Waals surface area contributed by atoms with Crippen LogP contribution in [0, 0.1) is 6.92 Å². The minimum absolute atomic E-state index is 0.0838. The molecule has 0 fully saturated rings. The number of hydrogen-bond acceptors (Lipinski definition) is 6. The number of phenols is 3. The van der Waals surface area contributed by atoms with E-state index in [2.05, 4.69) is 13.0 Å².